The Morgan fingerprint density at radius 1 is 1.03 bits per heavy atom. The highest BCUT2D eigenvalue weighted by Gasteiger charge is 2.43. The van der Waals surface area contributed by atoms with E-state index in [1.165, 1.54) is 5.56 Å². The number of carbonyl (C=O) groups is 1. The zero-order chi connectivity index (χ0) is 20.8. The molecule has 1 amide bonds. The van der Waals surface area contributed by atoms with E-state index in [1.807, 2.05) is 66.7 Å². The van der Waals surface area contributed by atoms with Gasteiger partial charge in [-0.2, -0.15) is 5.10 Å². The van der Waals surface area contributed by atoms with E-state index in [-0.39, 0.29) is 11.8 Å². The van der Waals surface area contributed by atoms with Crippen molar-refractivity contribution >= 4 is 12.1 Å². The first-order chi connectivity index (χ1) is 14.7. The van der Waals surface area contributed by atoms with Gasteiger partial charge in [-0.3, -0.25) is 4.79 Å². The van der Waals surface area contributed by atoms with Gasteiger partial charge >= 0.3 is 0 Å². The molecule has 1 aliphatic rings. The van der Waals surface area contributed by atoms with Gasteiger partial charge in [-0.25, -0.2) is 5.43 Å². The van der Waals surface area contributed by atoms with Crippen molar-refractivity contribution in [2.75, 3.05) is 7.11 Å². The maximum Gasteiger partial charge on any atom is 0.243 e. The third-order valence-electron chi connectivity index (χ3n) is 5.17. The number of carbonyl (C=O) groups excluding carboxylic acids is 1. The monoisotopic (exact) mass is 400 g/mol. The summed E-state index contributed by atoms with van der Waals surface area (Å²) in [7, 11) is 1.60. The Bertz CT molecular complexity index is 1020. The van der Waals surface area contributed by atoms with Crippen molar-refractivity contribution in [3.8, 4) is 11.5 Å². The van der Waals surface area contributed by atoms with E-state index in [4.69, 9.17) is 9.47 Å². The number of nitrogens with zero attached hydrogens (tertiary/aromatic N) is 1. The lowest BCUT2D eigenvalue weighted by molar-refractivity contribution is -0.122. The lowest BCUT2D eigenvalue weighted by atomic mass is 10.1. The van der Waals surface area contributed by atoms with Crippen LogP contribution in [0.1, 0.15) is 29.0 Å². The van der Waals surface area contributed by atoms with Crippen LogP contribution in [-0.2, 0) is 11.4 Å². The first-order valence-electron chi connectivity index (χ1n) is 9.97. The molecule has 152 valence electrons. The molecule has 0 saturated heterocycles. The molecule has 1 fully saturated rings. The van der Waals surface area contributed by atoms with Gasteiger partial charge in [-0.1, -0.05) is 60.7 Å². The van der Waals surface area contributed by atoms with Crippen LogP contribution in [0.25, 0.3) is 0 Å². The predicted octanol–water partition coefficient (Wildman–Crippen LogP) is 4.53. The Morgan fingerprint density at radius 3 is 2.50 bits per heavy atom. The van der Waals surface area contributed by atoms with Crippen molar-refractivity contribution in [1.29, 1.82) is 0 Å². The fraction of sp³-hybridized carbons (Fsp3) is 0.200. The van der Waals surface area contributed by atoms with E-state index in [9.17, 15) is 4.79 Å². The highest BCUT2D eigenvalue weighted by Crippen LogP contribution is 2.47. The first-order valence-corrected chi connectivity index (χ1v) is 9.97. The van der Waals surface area contributed by atoms with Gasteiger partial charge in [0.2, 0.25) is 5.91 Å². The Hall–Kier alpha value is -3.60. The lowest BCUT2D eigenvalue weighted by Crippen LogP contribution is -2.20. The van der Waals surface area contributed by atoms with Crippen molar-refractivity contribution < 1.29 is 14.3 Å². The van der Waals surface area contributed by atoms with Gasteiger partial charge in [0.15, 0.2) is 11.5 Å². The van der Waals surface area contributed by atoms with Gasteiger partial charge in [0.05, 0.1) is 13.3 Å². The zero-order valence-corrected chi connectivity index (χ0v) is 16.8. The summed E-state index contributed by atoms with van der Waals surface area (Å²) in [6, 6.07) is 25.6. The number of rotatable bonds is 8. The second kappa shape index (κ2) is 9.27. The van der Waals surface area contributed by atoms with Crippen LogP contribution in [0.2, 0.25) is 0 Å². The highest BCUT2D eigenvalue weighted by molar-refractivity contribution is 5.86. The van der Waals surface area contributed by atoms with Gasteiger partial charge < -0.3 is 9.47 Å². The topological polar surface area (TPSA) is 59.9 Å². The molecule has 0 radical (unpaired) electrons. The number of ether oxygens (including phenoxy) is 2. The summed E-state index contributed by atoms with van der Waals surface area (Å²) in [5.41, 5.74) is 5.76. The Labute approximate surface area is 176 Å². The maximum absolute atomic E-state index is 12.3. The second-order valence-corrected chi connectivity index (χ2v) is 7.28. The zero-order valence-electron chi connectivity index (χ0n) is 16.8. The van der Waals surface area contributed by atoms with Crippen molar-refractivity contribution in [2.45, 2.75) is 18.9 Å². The van der Waals surface area contributed by atoms with Crippen molar-refractivity contribution in [3.05, 3.63) is 95.6 Å². The number of nitrogens with one attached hydrogen (secondary N) is 1. The molecule has 0 spiro atoms. The van der Waals surface area contributed by atoms with Gasteiger partial charge in [-0.05, 0) is 47.2 Å². The first kappa shape index (κ1) is 19.7. The fourth-order valence-corrected chi connectivity index (χ4v) is 3.43. The van der Waals surface area contributed by atoms with Crippen LogP contribution in [0, 0.1) is 5.92 Å². The van der Waals surface area contributed by atoms with Crippen LogP contribution >= 0.6 is 0 Å². The summed E-state index contributed by atoms with van der Waals surface area (Å²) in [5.74, 6) is 1.52. The molecule has 1 N–H and O–H groups in total. The van der Waals surface area contributed by atoms with Crippen LogP contribution < -0.4 is 14.9 Å². The summed E-state index contributed by atoms with van der Waals surface area (Å²) >= 11 is 0. The summed E-state index contributed by atoms with van der Waals surface area (Å²) in [6.07, 6.45) is 2.48. The highest BCUT2D eigenvalue weighted by atomic mass is 16.5. The smallest absolute Gasteiger partial charge is 0.243 e. The molecular formula is C25H24N2O3. The average Bonchev–Trinajstić information content (AvgIpc) is 3.60. The molecule has 0 aromatic heterocycles. The van der Waals surface area contributed by atoms with Crippen molar-refractivity contribution in [1.82, 2.24) is 5.43 Å². The van der Waals surface area contributed by atoms with E-state index >= 15 is 0 Å². The molecule has 30 heavy (non-hydrogen) atoms. The van der Waals surface area contributed by atoms with Crippen LogP contribution in [0.15, 0.2) is 84.0 Å². The molecule has 2 atom stereocenters. The van der Waals surface area contributed by atoms with Crippen LogP contribution in [0.4, 0.5) is 0 Å². The number of hydrogen-bond acceptors (Lipinski definition) is 4. The van der Waals surface area contributed by atoms with E-state index in [2.05, 4.69) is 22.7 Å². The minimum atomic E-state index is -0.0464. The number of amides is 1. The third kappa shape index (κ3) is 4.87. The summed E-state index contributed by atoms with van der Waals surface area (Å²) < 4.78 is 11.3. The van der Waals surface area contributed by atoms with Gasteiger partial charge in [0.25, 0.3) is 0 Å². The van der Waals surface area contributed by atoms with Gasteiger partial charge in [0, 0.05) is 5.92 Å². The Morgan fingerprint density at radius 2 is 1.77 bits per heavy atom. The van der Waals surface area contributed by atoms with E-state index in [1.54, 1.807) is 13.3 Å². The minimum Gasteiger partial charge on any atom is -0.493 e. The number of benzene rings is 3. The van der Waals surface area contributed by atoms with Crippen LogP contribution in [-0.4, -0.2) is 19.2 Å². The number of methoxy groups -OCH3 is 1. The van der Waals surface area contributed by atoms with Gasteiger partial charge in [0.1, 0.15) is 6.61 Å². The molecule has 0 heterocycles. The second-order valence-electron chi connectivity index (χ2n) is 7.28. The Balaban J connectivity index is 1.32. The molecule has 4 rings (SSSR count). The van der Waals surface area contributed by atoms with Crippen molar-refractivity contribution in [3.63, 3.8) is 0 Å². The van der Waals surface area contributed by atoms with E-state index < -0.39 is 0 Å². The molecule has 5 nitrogen and oxygen atoms in total. The average molecular weight is 400 g/mol. The Kier molecular flexibility index (Phi) is 6.09. The largest absolute Gasteiger partial charge is 0.493 e. The molecule has 3 aromatic carbocycles. The normalized spacial score (nSPS) is 17.5. The van der Waals surface area contributed by atoms with E-state index in [0.717, 1.165) is 17.5 Å². The van der Waals surface area contributed by atoms with Crippen molar-refractivity contribution in [2.24, 2.45) is 11.0 Å². The molecule has 3 aromatic rings. The molecule has 1 saturated carbocycles. The standard InChI is InChI=1S/C25H24N2O3/c1-29-24-14-19(12-13-23(24)30-17-18-8-4-2-5-9-18)16-26-27-25(28)22-15-21(22)20-10-6-3-7-11-20/h2-14,16,21-22H,15,17H2,1H3,(H,27,28)/b26-16+. The van der Waals surface area contributed by atoms with Crippen LogP contribution in [0.3, 0.4) is 0 Å². The fourth-order valence-electron chi connectivity index (χ4n) is 3.43. The molecule has 1 aliphatic carbocycles. The third-order valence-corrected chi connectivity index (χ3v) is 5.17. The lowest BCUT2D eigenvalue weighted by Gasteiger charge is -2.11. The number of hydrazone groups is 1. The molecule has 0 bridgehead atoms. The molecule has 0 aliphatic heterocycles. The molecule has 2 unspecified atom stereocenters. The quantitative estimate of drug-likeness (QED) is 0.446. The van der Waals surface area contributed by atoms with Crippen LogP contribution in [0.5, 0.6) is 11.5 Å². The molecular weight excluding hydrogens is 376 g/mol. The summed E-state index contributed by atoms with van der Waals surface area (Å²) in [6.45, 7) is 0.463. The number of hydrogen-bond donors (Lipinski definition) is 1. The van der Waals surface area contributed by atoms with Gasteiger partial charge in [-0.15, -0.1) is 0 Å². The predicted molar refractivity (Wildman–Crippen MR) is 117 cm³/mol. The maximum atomic E-state index is 12.3. The SMILES string of the molecule is COc1cc(/C=N/NC(=O)C2CC2c2ccccc2)ccc1OCc1ccccc1. The molecule has 5 heteroatoms. The minimum absolute atomic E-state index is 0.00662. The van der Waals surface area contributed by atoms with E-state index in [0.29, 0.717) is 24.0 Å². The summed E-state index contributed by atoms with van der Waals surface area (Å²) in [4.78, 5) is 12.3. The summed E-state index contributed by atoms with van der Waals surface area (Å²) in [5, 5.41) is 4.11.